The van der Waals surface area contributed by atoms with Crippen molar-refractivity contribution in [1.29, 1.82) is 0 Å². The summed E-state index contributed by atoms with van der Waals surface area (Å²) in [4.78, 5) is 50.1. The number of nitrogens with two attached hydrogens (primary N) is 2. The van der Waals surface area contributed by atoms with Crippen LogP contribution in [0.4, 0.5) is 0 Å². The normalized spacial score (nSPS) is 11.2. The van der Waals surface area contributed by atoms with Crippen LogP contribution in [0.15, 0.2) is 0 Å². The molecule has 0 aliphatic heterocycles. The molecule has 0 unspecified atom stereocenters. The van der Waals surface area contributed by atoms with E-state index >= 15 is 0 Å². The Morgan fingerprint density at radius 1 is 0.204 bits per heavy atom. The molecule has 0 spiro atoms. The summed E-state index contributed by atoms with van der Waals surface area (Å²) in [5, 5.41) is 22.7. The number of hydrogen-bond donors (Lipinski definition) is 9. The molecule has 0 fully saturated rings. The number of carbonyl (C=O) groups excluding carboxylic acids is 4. The molecule has 4 amide bonds. The predicted octanol–water partition coefficient (Wildman–Crippen LogP) is 19.9. The lowest BCUT2D eigenvalue weighted by Gasteiger charge is -2.21. The van der Waals surface area contributed by atoms with Crippen LogP contribution in [0.25, 0.3) is 0 Å². The Kier molecular flexibility index (Phi) is 94.4. The van der Waals surface area contributed by atoms with Gasteiger partial charge in [-0.3, -0.25) is 19.2 Å². The maximum Gasteiger partial charge on any atom is 0.221 e. The summed E-state index contributed by atoms with van der Waals surface area (Å²) in [6, 6.07) is 0. The molecule has 0 radical (unpaired) electrons. The van der Waals surface area contributed by atoms with Gasteiger partial charge in [-0.15, -0.1) is 0 Å². The monoisotopic (exact) mass is 1390 g/mol. The molecule has 14 heteroatoms. The van der Waals surface area contributed by atoms with E-state index in [1.54, 1.807) is 0 Å². The van der Waals surface area contributed by atoms with Crippen molar-refractivity contribution >= 4 is 23.6 Å². The van der Waals surface area contributed by atoms with Crippen molar-refractivity contribution < 1.29 is 19.2 Å². The van der Waals surface area contributed by atoms with Gasteiger partial charge in [0.25, 0.3) is 0 Å². The van der Waals surface area contributed by atoms with Crippen molar-refractivity contribution in [3.05, 3.63) is 0 Å². The van der Waals surface area contributed by atoms with Crippen LogP contribution in [0.3, 0.4) is 0 Å². The van der Waals surface area contributed by atoms with Crippen molar-refractivity contribution in [2.45, 2.75) is 420 Å². The first-order chi connectivity index (χ1) is 48.2. The quantitative estimate of drug-likeness (QED) is 0.0263. The average Bonchev–Trinajstić information content (AvgIpc) is 3.80. The van der Waals surface area contributed by atoms with Crippen LogP contribution in [0.1, 0.15) is 420 Å². The number of rotatable bonds is 80. The van der Waals surface area contributed by atoms with Crippen LogP contribution in [0.2, 0.25) is 0 Å². The van der Waals surface area contributed by atoms with Crippen molar-refractivity contribution in [2.24, 2.45) is 11.5 Å². The molecule has 0 heterocycles. The third kappa shape index (κ3) is 93.6. The van der Waals surface area contributed by atoms with Gasteiger partial charge in [-0.25, -0.2) is 0 Å². The fraction of sp³-hybridized carbons (Fsp3) is 0.952. The maximum absolute atomic E-state index is 12.0. The number of carbonyl (C=O) groups is 4. The second-order valence-electron chi connectivity index (χ2n) is 29.1. The van der Waals surface area contributed by atoms with Crippen LogP contribution in [0.5, 0.6) is 0 Å². The molecule has 0 rings (SSSR count). The van der Waals surface area contributed by atoms with Crippen molar-refractivity contribution in [1.82, 2.24) is 42.1 Å². The second-order valence-corrected chi connectivity index (χ2v) is 29.1. The van der Waals surface area contributed by atoms with Crippen molar-refractivity contribution in [3.8, 4) is 0 Å². The fourth-order valence-electron chi connectivity index (χ4n) is 12.5. The van der Waals surface area contributed by atoms with Gasteiger partial charge in [0.05, 0.1) is 0 Å². The number of unbranched alkanes of at least 4 members (excludes halogenated alkanes) is 47. The highest BCUT2D eigenvalue weighted by molar-refractivity contribution is 5.77. The van der Waals surface area contributed by atoms with E-state index in [-0.39, 0.29) is 23.6 Å². The lowest BCUT2D eigenvalue weighted by Crippen LogP contribution is -2.35. The van der Waals surface area contributed by atoms with Gasteiger partial charge < -0.3 is 53.6 Å². The minimum absolute atomic E-state index is 0.183. The highest BCUT2D eigenvalue weighted by Gasteiger charge is 2.09. The molecule has 11 N–H and O–H groups in total. The molecule has 0 atom stereocenters. The summed E-state index contributed by atoms with van der Waals surface area (Å²) in [5.41, 5.74) is 11.2. The SMILES string of the molecule is CCCCCCCCCCCCNC(=O)CCCCCNCCCCCN.CCCCCCCCCCCCNC(=O)CCCCCNCCCCCNCCC(=O)NCCCCCCCCCCCC.CCCCCCCCCCCCNC(=O)CCN(CCN)CCCCCC. The topological polar surface area (TPSA) is 208 Å². The van der Waals surface area contributed by atoms with E-state index in [1.165, 1.54) is 289 Å². The zero-order valence-corrected chi connectivity index (χ0v) is 66.8. The summed E-state index contributed by atoms with van der Waals surface area (Å²) < 4.78 is 0. The summed E-state index contributed by atoms with van der Waals surface area (Å²) in [7, 11) is 0. The highest BCUT2D eigenvalue weighted by atomic mass is 16.2. The molecular formula is C84H176N10O4. The van der Waals surface area contributed by atoms with E-state index in [0.717, 1.165) is 162 Å². The zero-order chi connectivity index (χ0) is 71.9. The predicted molar refractivity (Wildman–Crippen MR) is 431 cm³/mol. The molecule has 0 aliphatic rings. The molecular weight excluding hydrogens is 1210 g/mol. The van der Waals surface area contributed by atoms with Gasteiger partial charge >= 0.3 is 0 Å². The standard InChI is InChI=1S/C38H78N4O2.2C23H49N3O/c1-3-5-7-9-11-13-15-17-19-27-34-41-37(43)29-23-21-24-31-39-32-25-22-26-33-40-36-30-38(44)42-35-28-20-18-16-14-12-10-8-6-4-2;1-3-5-7-9-10-11-12-13-14-15-19-25-23(27)17-21-26(22-18-24)20-16-8-6-4-2;1-2-3-4-5-6-7-8-9-10-17-22-26-23(27)18-13-11-15-20-25-21-16-12-14-19-24/h39-40H,3-36H2,1-2H3,(H,41,43)(H,42,44);3-22,24H2,1-2H3,(H,25,27);25H,2-22,24H2,1H3,(H,26,27). The van der Waals surface area contributed by atoms with E-state index in [0.29, 0.717) is 32.2 Å². The summed E-state index contributed by atoms with van der Waals surface area (Å²) in [6.45, 7) is 25.0. The lowest BCUT2D eigenvalue weighted by molar-refractivity contribution is -0.122. The van der Waals surface area contributed by atoms with E-state index in [2.05, 4.69) is 76.7 Å². The van der Waals surface area contributed by atoms with Crippen LogP contribution < -0.4 is 48.7 Å². The minimum Gasteiger partial charge on any atom is -0.356 e. The molecule has 0 saturated heterocycles. The number of amides is 4. The molecule has 0 saturated carbocycles. The molecule has 14 nitrogen and oxygen atoms in total. The summed E-state index contributed by atoms with van der Waals surface area (Å²) in [5.74, 6) is 0.845. The Labute approximate surface area is 611 Å². The zero-order valence-electron chi connectivity index (χ0n) is 66.8. The summed E-state index contributed by atoms with van der Waals surface area (Å²) >= 11 is 0. The van der Waals surface area contributed by atoms with Gasteiger partial charge in [0, 0.05) is 78.0 Å². The third-order valence-corrected chi connectivity index (χ3v) is 19.1. The Morgan fingerprint density at radius 2 is 0.429 bits per heavy atom. The molecule has 98 heavy (non-hydrogen) atoms. The third-order valence-electron chi connectivity index (χ3n) is 19.1. The molecule has 0 aromatic carbocycles. The van der Waals surface area contributed by atoms with Crippen molar-refractivity contribution in [3.63, 3.8) is 0 Å². The van der Waals surface area contributed by atoms with Gasteiger partial charge in [0.1, 0.15) is 0 Å². The van der Waals surface area contributed by atoms with E-state index < -0.39 is 0 Å². The Hall–Kier alpha value is -2.36. The lowest BCUT2D eigenvalue weighted by atomic mass is 10.1. The molecule has 0 bridgehead atoms. The Bertz CT molecular complexity index is 1480. The number of hydrogen-bond acceptors (Lipinski definition) is 10. The average molecular weight is 1390 g/mol. The second kappa shape index (κ2) is 92.7. The van der Waals surface area contributed by atoms with Crippen LogP contribution >= 0.6 is 0 Å². The first-order valence-corrected chi connectivity index (χ1v) is 43.6. The fourth-order valence-corrected chi connectivity index (χ4v) is 12.5. The Morgan fingerprint density at radius 3 is 0.724 bits per heavy atom. The minimum atomic E-state index is 0.183. The van der Waals surface area contributed by atoms with Crippen LogP contribution in [0, 0.1) is 0 Å². The molecule has 0 aromatic heterocycles. The van der Waals surface area contributed by atoms with Gasteiger partial charge in [-0.1, -0.05) is 311 Å². The smallest absolute Gasteiger partial charge is 0.221 e. The largest absolute Gasteiger partial charge is 0.356 e. The molecule has 0 aliphatic carbocycles. The van der Waals surface area contributed by atoms with E-state index in [1.807, 2.05) is 0 Å². The van der Waals surface area contributed by atoms with E-state index in [4.69, 9.17) is 11.5 Å². The number of nitrogens with zero attached hydrogens (tertiary/aromatic N) is 1. The van der Waals surface area contributed by atoms with Gasteiger partial charge in [-0.2, -0.15) is 0 Å². The maximum atomic E-state index is 12.0. The van der Waals surface area contributed by atoms with Crippen LogP contribution in [-0.2, 0) is 19.2 Å². The van der Waals surface area contributed by atoms with Crippen LogP contribution in [-0.4, -0.2) is 127 Å². The first kappa shape index (κ1) is 99.8. The molecule has 586 valence electrons. The van der Waals surface area contributed by atoms with Crippen molar-refractivity contribution in [2.75, 3.05) is 98.2 Å². The van der Waals surface area contributed by atoms with Gasteiger partial charge in [0.15, 0.2) is 0 Å². The Balaban J connectivity index is -0.00000145. The van der Waals surface area contributed by atoms with E-state index in [9.17, 15) is 19.2 Å². The van der Waals surface area contributed by atoms with Gasteiger partial charge in [0.2, 0.25) is 23.6 Å². The highest BCUT2D eigenvalue weighted by Crippen LogP contribution is 2.15. The number of nitrogens with one attached hydrogen (secondary N) is 7. The van der Waals surface area contributed by atoms with Gasteiger partial charge in [-0.05, 0) is 129 Å². The first-order valence-electron chi connectivity index (χ1n) is 43.6. The molecule has 0 aromatic rings. The summed E-state index contributed by atoms with van der Waals surface area (Å²) in [6.07, 6.45) is 74.7.